The van der Waals surface area contributed by atoms with Gasteiger partial charge in [0, 0.05) is 0 Å². The van der Waals surface area contributed by atoms with E-state index in [2.05, 4.69) is 0 Å². The van der Waals surface area contributed by atoms with Gasteiger partial charge in [0.15, 0.2) is 11.5 Å². The van der Waals surface area contributed by atoms with Crippen molar-refractivity contribution in [3.05, 3.63) is 59.7 Å². The van der Waals surface area contributed by atoms with Gasteiger partial charge >= 0.3 is 0 Å². The summed E-state index contributed by atoms with van der Waals surface area (Å²) < 4.78 is 5.55. The van der Waals surface area contributed by atoms with Crippen molar-refractivity contribution >= 4 is 0 Å². The lowest BCUT2D eigenvalue weighted by atomic mass is 10.2. The average molecular weight is 214 g/mol. The third-order valence-electron chi connectivity index (χ3n) is 2.35. The first-order valence-electron chi connectivity index (χ1n) is 5.22. The van der Waals surface area contributed by atoms with E-state index in [1.54, 1.807) is 6.07 Å². The fourth-order valence-corrected chi connectivity index (χ4v) is 1.47. The lowest BCUT2D eigenvalue weighted by Crippen LogP contribution is -1.95. The van der Waals surface area contributed by atoms with Crippen LogP contribution >= 0.6 is 0 Å². The van der Waals surface area contributed by atoms with Gasteiger partial charge in [-0.3, -0.25) is 0 Å². The van der Waals surface area contributed by atoms with Crippen molar-refractivity contribution < 1.29 is 9.84 Å². The molecule has 2 rings (SSSR count). The molecular weight excluding hydrogens is 200 g/mol. The quantitative estimate of drug-likeness (QED) is 0.849. The summed E-state index contributed by atoms with van der Waals surface area (Å²) in [6.45, 7) is 2.44. The number of hydrogen-bond donors (Lipinski definition) is 1. The van der Waals surface area contributed by atoms with Crippen molar-refractivity contribution in [2.24, 2.45) is 0 Å². The van der Waals surface area contributed by atoms with Crippen LogP contribution in [0.3, 0.4) is 0 Å². The summed E-state index contributed by atoms with van der Waals surface area (Å²) in [7, 11) is 0. The molecule has 0 radical (unpaired) electrons. The topological polar surface area (TPSA) is 29.5 Å². The Hall–Kier alpha value is -1.96. The van der Waals surface area contributed by atoms with Crippen molar-refractivity contribution in [2.45, 2.75) is 13.5 Å². The minimum Gasteiger partial charge on any atom is -0.504 e. The highest BCUT2D eigenvalue weighted by Crippen LogP contribution is 2.27. The van der Waals surface area contributed by atoms with E-state index in [-0.39, 0.29) is 5.75 Å². The molecule has 2 nitrogen and oxygen atoms in total. The SMILES string of the molecule is Cc1ccc(O)c(OCc2ccccc2)c1. The molecule has 82 valence electrons. The number of phenols is 1. The van der Waals surface area contributed by atoms with Crippen LogP contribution in [0.1, 0.15) is 11.1 Å². The number of phenolic OH excluding ortho intramolecular Hbond substituents is 1. The lowest BCUT2D eigenvalue weighted by molar-refractivity contribution is 0.289. The maximum Gasteiger partial charge on any atom is 0.161 e. The molecule has 0 bridgehead atoms. The third kappa shape index (κ3) is 2.54. The van der Waals surface area contributed by atoms with Crippen molar-refractivity contribution in [1.29, 1.82) is 0 Å². The van der Waals surface area contributed by atoms with Gasteiger partial charge in [0.1, 0.15) is 6.61 Å². The maximum atomic E-state index is 9.59. The third-order valence-corrected chi connectivity index (χ3v) is 2.35. The summed E-state index contributed by atoms with van der Waals surface area (Å²) in [6.07, 6.45) is 0. The highest BCUT2D eigenvalue weighted by Gasteiger charge is 2.02. The summed E-state index contributed by atoms with van der Waals surface area (Å²) in [6, 6.07) is 15.2. The fourth-order valence-electron chi connectivity index (χ4n) is 1.47. The summed E-state index contributed by atoms with van der Waals surface area (Å²) in [5, 5.41) is 9.59. The first kappa shape index (κ1) is 10.6. The Morgan fingerprint density at radius 2 is 1.81 bits per heavy atom. The van der Waals surface area contributed by atoms with Crippen molar-refractivity contribution in [3.63, 3.8) is 0 Å². The first-order valence-corrected chi connectivity index (χ1v) is 5.22. The lowest BCUT2D eigenvalue weighted by Gasteiger charge is -2.08. The van der Waals surface area contributed by atoms with E-state index in [4.69, 9.17) is 4.74 Å². The smallest absolute Gasteiger partial charge is 0.161 e. The molecule has 0 spiro atoms. The summed E-state index contributed by atoms with van der Waals surface area (Å²) in [5.74, 6) is 0.713. The predicted octanol–water partition coefficient (Wildman–Crippen LogP) is 3.28. The van der Waals surface area contributed by atoms with Gasteiger partial charge in [0.05, 0.1) is 0 Å². The van der Waals surface area contributed by atoms with Crippen LogP contribution in [0, 0.1) is 6.92 Å². The second-order valence-electron chi connectivity index (χ2n) is 3.75. The van der Waals surface area contributed by atoms with Gasteiger partial charge in [0.25, 0.3) is 0 Å². The Kier molecular flexibility index (Phi) is 3.10. The molecule has 0 heterocycles. The van der Waals surface area contributed by atoms with Gasteiger partial charge in [-0.25, -0.2) is 0 Å². The number of aryl methyl sites for hydroxylation is 1. The van der Waals surface area contributed by atoms with Crippen molar-refractivity contribution in [3.8, 4) is 11.5 Å². The molecule has 0 aliphatic carbocycles. The van der Waals surface area contributed by atoms with Gasteiger partial charge < -0.3 is 9.84 Å². The van der Waals surface area contributed by atoms with Gasteiger partial charge in [-0.1, -0.05) is 36.4 Å². The molecule has 16 heavy (non-hydrogen) atoms. The minimum atomic E-state index is 0.182. The summed E-state index contributed by atoms with van der Waals surface area (Å²) in [4.78, 5) is 0. The van der Waals surface area contributed by atoms with Crippen LogP contribution in [0.25, 0.3) is 0 Å². The van der Waals surface area contributed by atoms with Gasteiger partial charge in [-0.15, -0.1) is 0 Å². The molecule has 0 aliphatic heterocycles. The summed E-state index contributed by atoms with van der Waals surface area (Å²) >= 11 is 0. The van der Waals surface area contributed by atoms with E-state index in [1.165, 1.54) is 0 Å². The van der Waals surface area contributed by atoms with E-state index in [1.807, 2.05) is 49.4 Å². The van der Waals surface area contributed by atoms with Gasteiger partial charge in [-0.2, -0.15) is 0 Å². The van der Waals surface area contributed by atoms with E-state index in [0.717, 1.165) is 11.1 Å². The minimum absolute atomic E-state index is 0.182. The largest absolute Gasteiger partial charge is 0.504 e. The Morgan fingerprint density at radius 3 is 2.56 bits per heavy atom. The van der Waals surface area contributed by atoms with E-state index >= 15 is 0 Å². The highest BCUT2D eigenvalue weighted by atomic mass is 16.5. The number of ether oxygens (including phenoxy) is 1. The second kappa shape index (κ2) is 4.71. The number of rotatable bonds is 3. The van der Waals surface area contributed by atoms with Crippen molar-refractivity contribution in [2.75, 3.05) is 0 Å². The van der Waals surface area contributed by atoms with Crippen LogP contribution in [0.5, 0.6) is 11.5 Å². The zero-order valence-electron chi connectivity index (χ0n) is 9.18. The highest BCUT2D eigenvalue weighted by molar-refractivity contribution is 5.41. The molecule has 0 aromatic heterocycles. The van der Waals surface area contributed by atoms with Gasteiger partial charge in [0.2, 0.25) is 0 Å². The Bertz CT molecular complexity index is 463. The standard InChI is InChI=1S/C14H14O2/c1-11-7-8-13(15)14(9-11)16-10-12-5-3-2-4-6-12/h2-9,15H,10H2,1H3. The van der Waals surface area contributed by atoms with E-state index in [9.17, 15) is 5.11 Å². The fraction of sp³-hybridized carbons (Fsp3) is 0.143. The second-order valence-corrected chi connectivity index (χ2v) is 3.75. The molecule has 0 fully saturated rings. The van der Waals surface area contributed by atoms with Crippen LogP contribution in [-0.2, 0) is 6.61 Å². The molecule has 2 heteroatoms. The Labute approximate surface area is 95.1 Å². The molecule has 1 N–H and O–H groups in total. The normalized spacial score (nSPS) is 10.1. The number of hydrogen-bond acceptors (Lipinski definition) is 2. The average Bonchev–Trinajstić information content (AvgIpc) is 2.32. The van der Waals surface area contributed by atoms with Gasteiger partial charge in [-0.05, 0) is 30.2 Å². The summed E-state index contributed by atoms with van der Waals surface area (Å²) in [5.41, 5.74) is 2.16. The molecule has 2 aromatic carbocycles. The first-order chi connectivity index (χ1) is 7.75. The zero-order valence-corrected chi connectivity index (χ0v) is 9.18. The van der Waals surface area contributed by atoms with Crippen LogP contribution < -0.4 is 4.74 Å². The van der Waals surface area contributed by atoms with Crippen LogP contribution in [0.4, 0.5) is 0 Å². The van der Waals surface area contributed by atoms with E-state index < -0.39 is 0 Å². The Balaban J connectivity index is 2.08. The Morgan fingerprint density at radius 1 is 1.06 bits per heavy atom. The van der Waals surface area contributed by atoms with Crippen LogP contribution in [0.2, 0.25) is 0 Å². The van der Waals surface area contributed by atoms with Crippen molar-refractivity contribution in [1.82, 2.24) is 0 Å². The molecular formula is C14H14O2. The molecule has 0 atom stereocenters. The monoisotopic (exact) mass is 214 g/mol. The molecule has 0 unspecified atom stereocenters. The van der Waals surface area contributed by atoms with E-state index in [0.29, 0.717) is 12.4 Å². The van der Waals surface area contributed by atoms with Crippen LogP contribution in [0.15, 0.2) is 48.5 Å². The number of benzene rings is 2. The molecule has 2 aromatic rings. The zero-order chi connectivity index (χ0) is 11.4. The van der Waals surface area contributed by atoms with Crippen LogP contribution in [-0.4, -0.2) is 5.11 Å². The number of aromatic hydroxyl groups is 1. The molecule has 0 amide bonds. The molecule has 0 saturated carbocycles. The molecule has 0 aliphatic rings. The molecule has 0 saturated heterocycles. The predicted molar refractivity (Wildman–Crippen MR) is 63.6 cm³/mol. The maximum absolute atomic E-state index is 9.59.